The van der Waals surface area contributed by atoms with Crippen LogP contribution in [-0.4, -0.2) is 24.8 Å². The zero-order valence-corrected chi connectivity index (χ0v) is 10.3. The number of nitrogens with two attached hydrogens (primary N) is 1. The van der Waals surface area contributed by atoms with E-state index in [-0.39, 0.29) is 24.8 Å². The summed E-state index contributed by atoms with van der Waals surface area (Å²) in [4.78, 5) is 1.71. The summed E-state index contributed by atoms with van der Waals surface area (Å²) in [7, 11) is 1.71. The molecular formula is C12H17F3N2O. The van der Waals surface area contributed by atoms with Gasteiger partial charge in [0.2, 0.25) is 0 Å². The molecular weight excluding hydrogens is 245 g/mol. The number of likely N-dealkylation sites (N-methyl/N-ethyl adjacent to an activating group) is 1. The summed E-state index contributed by atoms with van der Waals surface area (Å²) in [6, 6.07) is 3.65. The summed E-state index contributed by atoms with van der Waals surface area (Å²) in [5.41, 5.74) is 5.30. The zero-order chi connectivity index (χ0) is 13.9. The SMILES string of the molecule is CC(CO)N(C)c1ccc(C(F)(F)F)c(CN)c1. The lowest BCUT2D eigenvalue weighted by atomic mass is 10.1. The monoisotopic (exact) mass is 262 g/mol. The van der Waals surface area contributed by atoms with Gasteiger partial charge in [0.25, 0.3) is 0 Å². The fourth-order valence-electron chi connectivity index (χ4n) is 1.62. The standard InChI is InChI=1S/C12H17F3N2O/c1-8(7-18)17(2)10-3-4-11(12(13,14)15)9(5-10)6-16/h3-5,8,18H,6-7,16H2,1-2H3. The Kier molecular flexibility index (Phi) is 4.59. The molecule has 3 nitrogen and oxygen atoms in total. The molecule has 1 atom stereocenters. The highest BCUT2D eigenvalue weighted by atomic mass is 19.4. The number of rotatable bonds is 4. The van der Waals surface area contributed by atoms with Crippen LogP contribution in [0.5, 0.6) is 0 Å². The zero-order valence-electron chi connectivity index (χ0n) is 10.3. The molecule has 1 rings (SSSR count). The van der Waals surface area contributed by atoms with Crippen LogP contribution in [0.25, 0.3) is 0 Å². The molecule has 0 aliphatic rings. The van der Waals surface area contributed by atoms with Gasteiger partial charge >= 0.3 is 6.18 Å². The van der Waals surface area contributed by atoms with Crippen LogP contribution in [0.1, 0.15) is 18.1 Å². The van der Waals surface area contributed by atoms with E-state index in [0.29, 0.717) is 5.69 Å². The molecule has 0 fully saturated rings. The number of hydrogen-bond acceptors (Lipinski definition) is 3. The van der Waals surface area contributed by atoms with Gasteiger partial charge < -0.3 is 15.7 Å². The number of halogens is 3. The van der Waals surface area contributed by atoms with Gasteiger partial charge in [-0.25, -0.2) is 0 Å². The summed E-state index contributed by atoms with van der Waals surface area (Å²) in [6.45, 7) is 1.53. The van der Waals surface area contributed by atoms with Crippen LogP contribution >= 0.6 is 0 Å². The molecule has 0 aliphatic carbocycles. The summed E-state index contributed by atoms with van der Waals surface area (Å²) in [6.07, 6.45) is -4.39. The lowest BCUT2D eigenvalue weighted by Crippen LogP contribution is -2.32. The van der Waals surface area contributed by atoms with E-state index < -0.39 is 11.7 Å². The van der Waals surface area contributed by atoms with E-state index in [1.165, 1.54) is 12.1 Å². The van der Waals surface area contributed by atoms with E-state index in [2.05, 4.69) is 0 Å². The summed E-state index contributed by atoms with van der Waals surface area (Å²) in [5, 5.41) is 9.03. The van der Waals surface area contributed by atoms with Gasteiger partial charge in [0.15, 0.2) is 0 Å². The number of benzene rings is 1. The smallest absolute Gasteiger partial charge is 0.394 e. The van der Waals surface area contributed by atoms with Crippen molar-refractivity contribution in [2.75, 3.05) is 18.6 Å². The highest BCUT2D eigenvalue weighted by molar-refractivity contribution is 5.51. The molecule has 0 aromatic heterocycles. The minimum absolute atomic E-state index is 0.0528. The minimum Gasteiger partial charge on any atom is -0.394 e. The van der Waals surface area contributed by atoms with E-state index in [1.807, 2.05) is 0 Å². The molecule has 3 N–H and O–H groups in total. The summed E-state index contributed by atoms with van der Waals surface area (Å²) >= 11 is 0. The molecule has 1 aromatic carbocycles. The highest BCUT2D eigenvalue weighted by Crippen LogP contribution is 2.33. The van der Waals surface area contributed by atoms with Crippen molar-refractivity contribution in [3.05, 3.63) is 29.3 Å². The fourth-order valence-corrected chi connectivity index (χ4v) is 1.62. The third-order valence-electron chi connectivity index (χ3n) is 2.95. The lowest BCUT2D eigenvalue weighted by Gasteiger charge is -2.26. The van der Waals surface area contributed by atoms with Crippen LogP contribution in [0.4, 0.5) is 18.9 Å². The van der Waals surface area contributed by atoms with Crippen molar-refractivity contribution in [1.82, 2.24) is 0 Å². The maximum absolute atomic E-state index is 12.7. The van der Waals surface area contributed by atoms with E-state index in [0.717, 1.165) is 6.07 Å². The predicted octanol–water partition coefficient (Wildman–Crippen LogP) is 1.98. The second-order valence-electron chi connectivity index (χ2n) is 4.19. The Morgan fingerprint density at radius 3 is 2.44 bits per heavy atom. The number of nitrogens with zero attached hydrogens (tertiary/aromatic N) is 1. The van der Waals surface area contributed by atoms with E-state index in [4.69, 9.17) is 10.8 Å². The van der Waals surface area contributed by atoms with Crippen molar-refractivity contribution >= 4 is 5.69 Å². The first-order valence-electron chi connectivity index (χ1n) is 5.55. The molecule has 102 valence electrons. The summed E-state index contributed by atoms with van der Waals surface area (Å²) < 4.78 is 38.1. The minimum atomic E-state index is -4.39. The molecule has 6 heteroatoms. The van der Waals surface area contributed by atoms with Crippen molar-refractivity contribution < 1.29 is 18.3 Å². The van der Waals surface area contributed by atoms with Crippen molar-refractivity contribution in [3.8, 4) is 0 Å². The fraction of sp³-hybridized carbons (Fsp3) is 0.500. The van der Waals surface area contributed by atoms with Gasteiger partial charge in [-0.3, -0.25) is 0 Å². The Balaban J connectivity index is 3.13. The van der Waals surface area contributed by atoms with Crippen molar-refractivity contribution in [1.29, 1.82) is 0 Å². The first-order chi connectivity index (χ1) is 8.31. The molecule has 0 aliphatic heterocycles. The largest absolute Gasteiger partial charge is 0.416 e. The van der Waals surface area contributed by atoms with Gasteiger partial charge in [0.05, 0.1) is 12.2 Å². The molecule has 0 spiro atoms. The third-order valence-corrected chi connectivity index (χ3v) is 2.95. The second-order valence-corrected chi connectivity index (χ2v) is 4.19. The van der Waals surface area contributed by atoms with Crippen LogP contribution < -0.4 is 10.6 Å². The Morgan fingerprint density at radius 2 is 2.00 bits per heavy atom. The lowest BCUT2D eigenvalue weighted by molar-refractivity contribution is -0.138. The molecule has 0 amide bonds. The molecule has 1 unspecified atom stereocenters. The van der Waals surface area contributed by atoms with Gasteiger partial charge in [-0.05, 0) is 30.7 Å². The Morgan fingerprint density at radius 1 is 1.39 bits per heavy atom. The van der Waals surface area contributed by atoms with Gasteiger partial charge in [-0.15, -0.1) is 0 Å². The van der Waals surface area contributed by atoms with Gasteiger partial charge in [0, 0.05) is 25.3 Å². The molecule has 0 heterocycles. The number of anilines is 1. The highest BCUT2D eigenvalue weighted by Gasteiger charge is 2.33. The topological polar surface area (TPSA) is 49.5 Å². The van der Waals surface area contributed by atoms with E-state index in [9.17, 15) is 13.2 Å². The van der Waals surface area contributed by atoms with Crippen LogP contribution in [0.3, 0.4) is 0 Å². The third kappa shape index (κ3) is 3.14. The first kappa shape index (κ1) is 14.8. The van der Waals surface area contributed by atoms with Crippen LogP contribution in [0, 0.1) is 0 Å². The van der Waals surface area contributed by atoms with Gasteiger partial charge in [0.1, 0.15) is 0 Å². The average molecular weight is 262 g/mol. The number of alkyl halides is 3. The quantitative estimate of drug-likeness (QED) is 0.872. The molecule has 18 heavy (non-hydrogen) atoms. The van der Waals surface area contributed by atoms with Crippen molar-refractivity contribution in [3.63, 3.8) is 0 Å². The van der Waals surface area contributed by atoms with Crippen LogP contribution in [0.15, 0.2) is 18.2 Å². The maximum Gasteiger partial charge on any atom is 0.416 e. The van der Waals surface area contributed by atoms with Crippen LogP contribution in [-0.2, 0) is 12.7 Å². The second kappa shape index (κ2) is 5.58. The number of aliphatic hydroxyl groups excluding tert-OH is 1. The number of aliphatic hydroxyl groups is 1. The molecule has 0 radical (unpaired) electrons. The molecule has 0 saturated carbocycles. The van der Waals surface area contributed by atoms with Crippen molar-refractivity contribution in [2.45, 2.75) is 25.7 Å². The molecule has 1 aromatic rings. The Hall–Kier alpha value is -1.27. The molecule has 0 bridgehead atoms. The van der Waals surface area contributed by atoms with Crippen LogP contribution in [0.2, 0.25) is 0 Å². The maximum atomic E-state index is 12.7. The van der Waals surface area contributed by atoms with Gasteiger partial charge in [-0.2, -0.15) is 13.2 Å². The van der Waals surface area contributed by atoms with E-state index >= 15 is 0 Å². The average Bonchev–Trinajstić information content (AvgIpc) is 2.34. The Labute approximate surface area is 104 Å². The number of hydrogen-bond donors (Lipinski definition) is 2. The summed E-state index contributed by atoms with van der Waals surface area (Å²) in [5.74, 6) is 0. The van der Waals surface area contributed by atoms with Gasteiger partial charge in [-0.1, -0.05) is 0 Å². The first-order valence-corrected chi connectivity index (χ1v) is 5.55. The normalized spacial score (nSPS) is 13.5. The van der Waals surface area contributed by atoms with E-state index in [1.54, 1.807) is 18.9 Å². The predicted molar refractivity (Wildman–Crippen MR) is 64.3 cm³/mol. The van der Waals surface area contributed by atoms with Crippen molar-refractivity contribution in [2.24, 2.45) is 5.73 Å². The molecule has 0 saturated heterocycles. The Bertz CT molecular complexity index is 407.